The lowest BCUT2D eigenvalue weighted by Gasteiger charge is -2.08. The highest BCUT2D eigenvalue weighted by atomic mass is 32.2. The van der Waals surface area contributed by atoms with Crippen LogP contribution in [-0.2, 0) is 19.9 Å². The van der Waals surface area contributed by atoms with Gasteiger partial charge in [0.1, 0.15) is 0 Å². The molecule has 6 nitrogen and oxygen atoms in total. The van der Waals surface area contributed by atoms with E-state index in [9.17, 15) is 16.8 Å². The van der Waals surface area contributed by atoms with Gasteiger partial charge in [-0.2, -0.15) is 0 Å². The van der Waals surface area contributed by atoms with Crippen LogP contribution in [0.3, 0.4) is 0 Å². The molecule has 1 aliphatic rings. The fourth-order valence-electron chi connectivity index (χ4n) is 1.84. The van der Waals surface area contributed by atoms with Crippen LogP contribution in [-0.4, -0.2) is 42.2 Å². The Balaban J connectivity index is 1.88. The number of hydrogen-bond acceptors (Lipinski definition) is 5. The minimum Gasteiger partial charge on any atom is -0.314 e. The Hall–Kier alpha value is -0.960. The largest absolute Gasteiger partial charge is 0.314 e. The lowest BCUT2D eigenvalue weighted by molar-refractivity contribution is 0.573. The number of benzene rings is 1. The first-order chi connectivity index (χ1) is 9.79. The van der Waals surface area contributed by atoms with E-state index in [0.29, 0.717) is 12.6 Å². The predicted molar refractivity (Wildman–Crippen MR) is 80.4 cm³/mol. The Morgan fingerprint density at radius 2 is 1.57 bits per heavy atom. The highest BCUT2D eigenvalue weighted by Gasteiger charge is 2.20. The van der Waals surface area contributed by atoms with E-state index in [-0.39, 0.29) is 9.79 Å². The molecular weight excluding hydrogens is 312 g/mol. The van der Waals surface area contributed by atoms with Crippen molar-refractivity contribution in [2.24, 2.45) is 0 Å². The van der Waals surface area contributed by atoms with Gasteiger partial charge < -0.3 is 5.32 Å². The number of sulfonamides is 1. The quantitative estimate of drug-likeness (QED) is 0.677. The van der Waals surface area contributed by atoms with Crippen molar-refractivity contribution in [1.29, 1.82) is 0 Å². The summed E-state index contributed by atoms with van der Waals surface area (Å²) in [6, 6.07) is 5.84. The van der Waals surface area contributed by atoms with Gasteiger partial charge in [0.05, 0.1) is 9.79 Å². The van der Waals surface area contributed by atoms with Crippen LogP contribution >= 0.6 is 0 Å². The highest BCUT2D eigenvalue weighted by Crippen LogP contribution is 2.18. The summed E-state index contributed by atoms with van der Waals surface area (Å²) < 4.78 is 49.2. The summed E-state index contributed by atoms with van der Waals surface area (Å²) in [5, 5.41) is 3.31. The summed E-state index contributed by atoms with van der Waals surface area (Å²) in [4.78, 5) is 0.181. The van der Waals surface area contributed by atoms with E-state index < -0.39 is 19.9 Å². The van der Waals surface area contributed by atoms with Crippen LogP contribution in [0, 0.1) is 0 Å². The molecule has 0 aliphatic heterocycles. The van der Waals surface area contributed by atoms with Crippen LogP contribution in [0.15, 0.2) is 34.1 Å². The van der Waals surface area contributed by atoms with Gasteiger partial charge in [0.2, 0.25) is 10.0 Å². The Morgan fingerprint density at radius 1 is 1.00 bits per heavy atom. The van der Waals surface area contributed by atoms with Crippen LogP contribution in [0.25, 0.3) is 0 Å². The second-order valence-electron chi connectivity index (χ2n) is 5.22. The molecular formula is C13H20N2O4S2. The van der Waals surface area contributed by atoms with Gasteiger partial charge in [0.25, 0.3) is 0 Å². The maximum atomic E-state index is 12.0. The van der Waals surface area contributed by atoms with Crippen LogP contribution in [0.4, 0.5) is 0 Å². The Labute approximate surface area is 125 Å². The third-order valence-corrected chi connectivity index (χ3v) is 5.82. The molecule has 0 atom stereocenters. The second-order valence-corrected chi connectivity index (χ2v) is 9.01. The van der Waals surface area contributed by atoms with E-state index >= 15 is 0 Å². The normalized spacial score (nSPS) is 16.0. The molecule has 118 valence electrons. The van der Waals surface area contributed by atoms with Crippen molar-refractivity contribution in [3.05, 3.63) is 24.3 Å². The van der Waals surface area contributed by atoms with E-state index in [1.807, 2.05) is 0 Å². The first-order valence-electron chi connectivity index (χ1n) is 6.82. The van der Waals surface area contributed by atoms with Gasteiger partial charge >= 0.3 is 0 Å². The molecule has 1 aromatic rings. The molecule has 0 spiro atoms. The van der Waals surface area contributed by atoms with Crippen molar-refractivity contribution in [1.82, 2.24) is 10.0 Å². The van der Waals surface area contributed by atoms with Crippen LogP contribution in [0.2, 0.25) is 0 Å². The Morgan fingerprint density at radius 3 is 2.10 bits per heavy atom. The van der Waals surface area contributed by atoms with Crippen molar-refractivity contribution >= 4 is 19.9 Å². The Kier molecular flexibility index (Phi) is 5.03. The average molecular weight is 332 g/mol. The van der Waals surface area contributed by atoms with Crippen LogP contribution in [0.5, 0.6) is 0 Å². The summed E-state index contributed by atoms with van der Waals surface area (Å²) in [5.41, 5.74) is 0. The molecule has 0 saturated heterocycles. The molecule has 2 N–H and O–H groups in total. The molecule has 0 amide bonds. The molecule has 0 aromatic heterocycles. The van der Waals surface area contributed by atoms with E-state index in [1.165, 1.54) is 37.1 Å². The number of hydrogen-bond donors (Lipinski definition) is 2. The summed E-state index contributed by atoms with van der Waals surface area (Å²) in [6.07, 6.45) is 4.22. The molecule has 8 heteroatoms. The maximum absolute atomic E-state index is 12.0. The molecule has 0 unspecified atom stereocenters. The van der Waals surface area contributed by atoms with Gasteiger partial charge in [-0.15, -0.1) is 0 Å². The highest BCUT2D eigenvalue weighted by molar-refractivity contribution is 7.90. The van der Waals surface area contributed by atoms with Crippen LogP contribution in [0.1, 0.15) is 19.3 Å². The van der Waals surface area contributed by atoms with Crippen molar-refractivity contribution in [2.45, 2.75) is 35.1 Å². The lowest BCUT2D eigenvalue weighted by Crippen LogP contribution is -2.28. The predicted octanol–water partition coefficient (Wildman–Crippen LogP) is 0.511. The zero-order chi connectivity index (χ0) is 15.5. The van der Waals surface area contributed by atoms with Gasteiger partial charge in [-0.1, -0.05) is 0 Å². The SMILES string of the molecule is CS(=O)(=O)c1ccc(S(=O)(=O)NCCCNC2CC2)cc1. The number of rotatable bonds is 8. The topological polar surface area (TPSA) is 92.3 Å². The molecule has 1 fully saturated rings. The minimum atomic E-state index is -3.58. The molecule has 21 heavy (non-hydrogen) atoms. The summed E-state index contributed by atoms with van der Waals surface area (Å²) in [5.74, 6) is 0. The standard InChI is InChI=1S/C13H20N2O4S2/c1-20(16,17)12-5-7-13(8-6-12)21(18,19)15-10-2-9-14-11-3-4-11/h5-8,11,14-15H,2-4,9-10H2,1H3. The third kappa shape index (κ3) is 5.06. The molecule has 1 saturated carbocycles. The fourth-order valence-corrected chi connectivity index (χ4v) is 3.54. The smallest absolute Gasteiger partial charge is 0.240 e. The van der Waals surface area contributed by atoms with Crippen molar-refractivity contribution in [3.8, 4) is 0 Å². The summed E-state index contributed by atoms with van der Waals surface area (Å²) >= 11 is 0. The van der Waals surface area contributed by atoms with Crippen LogP contribution < -0.4 is 10.0 Å². The van der Waals surface area contributed by atoms with E-state index in [1.54, 1.807) is 0 Å². The van der Waals surface area contributed by atoms with Crippen molar-refractivity contribution in [2.75, 3.05) is 19.3 Å². The van der Waals surface area contributed by atoms with Gasteiger partial charge in [0, 0.05) is 18.8 Å². The number of nitrogens with one attached hydrogen (secondary N) is 2. The second kappa shape index (κ2) is 6.43. The molecule has 1 aromatic carbocycles. The molecule has 0 radical (unpaired) electrons. The Bertz CT molecular complexity index is 677. The van der Waals surface area contributed by atoms with Gasteiger partial charge in [-0.3, -0.25) is 0 Å². The zero-order valence-electron chi connectivity index (χ0n) is 11.9. The van der Waals surface area contributed by atoms with Crippen molar-refractivity contribution in [3.63, 3.8) is 0 Å². The summed E-state index contributed by atoms with van der Waals surface area (Å²) in [6.45, 7) is 1.15. The maximum Gasteiger partial charge on any atom is 0.240 e. The third-order valence-electron chi connectivity index (χ3n) is 3.22. The molecule has 0 heterocycles. The average Bonchev–Trinajstić information content (AvgIpc) is 3.21. The minimum absolute atomic E-state index is 0.0741. The molecule has 1 aliphatic carbocycles. The zero-order valence-corrected chi connectivity index (χ0v) is 13.5. The van der Waals surface area contributed by atoms with Gasteiger partial charge in [-0.05, 0) is 50.1 Å². The molecule has 0 bridgehead atoms. The van der Waals surface area contributed by atoms with E-state index in [0.717, 1.165) is 19.2 Å². The fraction of sp³-hybridized carbons (Fsp3) is 0.538. The number of sulfone groups is 1. The van der Waals surface area contributed by atoms with E-state index in [2.05, 4.69) is 10.0 Å². The first-order valence-corrected chi connectivity index (χ1v) is 10.2. The van der Waals surface area contributed by atoms with Gasteiger partial charge in [0.15, 0.2) is 9.84 Å². The molecule has 2 rings (SSSR count). The first kappa shape index (κ1) is 16.4. The lowest BCUT2D eigenvalue weighted by atomic mass is 10.4. The monoisotopic (exact) mass is 332 g/mol. The van der Waals surface area contributed by atoms with E-state index in [4.69, 9.17) is 0 Å². The van der Waals surface area contributed by atoms with Gasteiger partial charge in [-0.25, -0.2) is 21.6 Å². The summed E-state index contributed by atoms with van der Waals surface area (Å²) in [7, 11) is -6.90. The van der Waals surface area contributed by atoms with Crippen molar-refractivity contribution < 1.29 is 16.8 Å².